The maximum atomic E-state index is 10.6. The van der Waals surface area contributed by atoms with Crippen LogP contribution in [0.15, 0.2) is 0 Å². The van der Waals surface area contributed by atoms with Crippen molar-refractivity contribution in [1.29, 1.82) is 5.41 Å². The fourth-order valence-corrected chi connectivity index (χ4v) is 0.455. The summed E-state index contributed by atoms with van der Waals surface area (Å²) in [5.74, 6) is -0.841. The summed E-state index contributed by atoms with van der Waals surface area (Å²) >= 11 is 16.5. The molecule has 12 heavy (non-hydrogen) atoms. The van der Waals surface area contributed by atoms with Crippen molar-refractivity contribution >= 4 is 47.0 Å². The summed E-state index contributed by atoms with van der Waals surface area (Å²) in [6.45, 7) is 2.89. The molecule has 0 aromatic heterocycles. The van der Waals surface area contributed by atoms with Gasteiger partial charge in [-0.3, -0.25) is 0 Å². The van der Waals surface area contributed by atoms with Gasteiger partial charge in [-0.2, -0.15) is 0 Å². The first-order valence-corrected chi connectivity index (χ1v) is 4.14. The van der Waals surface area contributed by atoms with E-state index in [0.717, 1.165) is 0 Å². The normalized spacial score (nSPS) is 12.4. The van der Waals surface area contributed by atoms with Crippen molar-refractivity contribution in [2.45, 2.75) is 23.2 Å². The zero-order valence-corrected chi connectivity index (χ0v) is 8.80. The Morgan fingerprint density at radius 1 is 1.42 bits per heavy atom. The molecule has 0 bridgehead atoms. The molecule has 0 aromatic rings. The molecule has 0 spiro atoms. The molecule has 0 amide bonds. The molecule has 0 heterocycles. The van der Waals surface area contributed by atoms with Crippen LogP contribution in [0.5, 0.6) is 0 Å². The summed E-state index contributed by atoms with van der Waals surface area (Å²) in [7, 11) is 0. The third-order valence-electron chi connectivity index (χ3n) is 1.16. The molecule has 0 aliphatic heterocycles. The first-order valence-electron chi connectivity index (χ1n) is 3.01. The van der Waals surface area contributed by atoms with Gasteiger partial charge in [-0.25, -0.2) is 4.79 Å². The van der Waals surface area contributed by atoms with E-state index >= 15 is 0 Å². The largest absolute Gasteiger partial charge is 0.451 e. The molecule has 0 atom stereocenters. The summed E-state index contributed by atoms with van der Waals surface area (Å²) in [5, 5.41) is 6.56. The fourth-order valence-electron chi connectivity index (χ4n) is 0.339. The van der Waals surface area contributed by atoms with Gasteiger partial charge in [0.05, 0.1) is 0 Å². The Labute approximate surface area is 85.4 Å². The van der Waals surface area contributed by atoms with Crippen molar-refractivity contribution in [2.75, 3.05) is 0 Å². The number of nitrogens with one attached hydrogen (secondary N) is 1. The third kappa shape index (κ3) is 3.17. The van der Waals surface area contributed by atoms with Gasteiger partial charge in [0.25, 0.3) is 0 Å². The number of rotatable bonds is 2. The highest BCUT2D eigenvalue weighted by atomic mass is 35.6. The van der Waals surface area contributed by atoms with E-state index in [0.29, 0.717) is 6.21 Å². The molecular formula is C6H8Cl3NO2. The molecule has 0 aliphatic rings. The zero-order valence-electron chi connectivity index (χ0n) is 6.53. The Morgan fingerprint density at radius 3 is 2.08 bits per heavy atom. The van der Waals surface area contributed by atoms with Gasteiger partial charge < -0.3 is 10.1 Å². The number of carbonyl (C=O) groups is 1. The smallest absolute Gasteiger partial charge is 0.349 e. The van der Waals surface area contributed by atoms with Gasteiger partial charge >= 0.3 is 5.97 Å². The second-order valence-corrected chi connectivity index (χ2v) is 4.85. The van der Waals surface area contributed by atoms with Gasteiger partial charge in [0.2, 0.25) is 3.79 Å². The zero-order chi connectivity index (χ0) is 9.99. The standard InChI is InChI=1S/C6H8Cl3NO2/c1-5(2,6(7,8)9)12-4(11)3-10/h3,10H,1-2H3. The maximum absolute atomic E-state index is 10.6. The number of carbonyl (C=O) groups excluding carboxylic acids is 1. The van der Waals surface area contributed by atoms with Crippen molar-refractivity contribution in [3.05, 3.63) is 0 Å². The van der Waals surface area contributed by atoms with Crippen LogP contribution < -0.4 is 0 Å². The molecule has 1 N–H and O–H groups in total. The van der Waals surface area contributed by atoms with Gasteiger partial charge in [0.1, 0.15) is 6.21 Å². The van der Waals surface area contributed by atoms with E-state index in [1.165, 1.54) is 13.8 Å². The lowest BCUT2D eigenvalue weighted by Crippen LogP contribution is -2.41. The summed E-state index contributed by atoms with van der Waals surface area (Å²) in [6.07, 6.45) is 0.512. The van der Waals surface area contributed by atoms with Crippen LogP contribution in [-0.4, -0.2) is 21.6 Å². The van der Waals surface area contributed by atoms with Gasteiger partial charge in [-0.15, -0.1) is 0 Å². The minimum Gasteiger partial charge on any atom is -0.451 e. The van der Waals surface area contributed by atoms with E-state index in [1.54, 1.807) is 0 Å². The average molecular weight is 232 g/mol. The molecular weight excluding hydrogens is 224 g/mol. The summed E-state index contributed by atoms with van der Waals surface area (Å²) in [4.78, 5) is 10.6. The predicted molar refractivity (Wildman–Crippen MR) is 49.2 cm³/mol. The highest BCUT2D eigenvalue weighted by Crippen LogP contribution is 2.40. The highest BCUT2D eigenvalue weighted by molar-refractivity contribution is 6.68. The van der Waals surface area contributed by atoms with Crippen LogP contribution >= 0.6 is 34.8 Å². The molecule has 0 aromatic carbocycles. The van der Waals surface area contributed by atoms with Crippen LogP contribution in [0.3, 0.4) is 0 Å². The summed E-state index contributed by atoms with van der Waals surface area (Å²) in [6, 6.07) is 0. The monoisotopic (exact) mass is 231 g/mol. The van der Waals surface area contributed by atoms with Gasteiger partial charge in [0.15, 0.2) is 5.60 Å². The number of halogens is 3. The molecule has 0 fully saturated rings. The Bertz CT molecular complexity index is 197. The second-order valence-electron chi connectivity index (χ2n) is 2.57. The second kappa shape index (κ2) is 3.81. The van der Waals surface area contributed by atoms with Crippen LogP contribution in [0.25, 0.3) is 0 Å². The van der Waals surface area contributed by atoms with Gasteiger partial charge in [-0.05, 0) is 13.8 Å². The van der Waals surface area contributed by atoms with E-state index in [4.69, 9.17) is 40.2 Å². The van der Waals surface area contributed by atoms with Crippen molar-refractivity contribution in [3.8, 4) is 0 Å². The van der Waals surface area contributed by atoms with Crippen LogP contribution in [0, 0.1) is 5.41 Å². The fraction of sp³-hybridized carbons (Fsp3) is 0.667. The van der Waals surface area contributed by atoms with Crippen LogP contribution in [0.1, 0.15) is 13.8 Å². The number of esters is 1. The van der Waals surface area contributed by atoms with E-state index in [9.17, 15) is 4.79 Å². The number of alkyl halides is 3. The molecule has 0 rings (SSSR count). The van der Waals surface area contributed by atoms with Crippen molar-refractivity contribution in [3.63, 3.8) is 0 Å². The average Bonchev–Trinajstić information content (AvgIpc) is 1.84. The van der Waals surface area contributed by atoms with E-state index in [-0.39, 0.29) is 0 Å². The topological polar surface area (TPSA) is 50.2 Å². The Balaban J connectivity index is 4.43. The lowest BCUT2D eigenvalue weighted by atomic mass is 10.2. The molecule has 0 aliphatic carbocycles. The Hall–Kier alpha value is 0.01000. The van der Waals surface area contributed by atoms with Crippen LogP contribution in [-0.2, 0) is 9.53 Å². The molecule has 0 saturated carbocycles. The quantitative estimate of drug-likeness (QED) is 0.451. The lowest BCUT2D eigenvalue weighted by molar-refractivity contribution is -0.146. The van der Waals surface area contributed by atoms with Crippen molar-refractivity contribution in [1.82, 2.24) is 0 Å². The van der Waals surface area contributed by atoms with Crippen LogP contribution in [0.4, 0.5) is 0 Å². The predicted octanol–water partition coefficient (Wildman–Crippen LogP) is 2.33. The van der Waals surface area contributed by atoms with E-state index < -0.39 is 15.4 Å². The van der Waals surface area contributed by atoms with E-state index in [2.05, 4.69) is 4.74 Å². The SMILES string of the molecule is CC(C)(OC(=O)C=N)C(Cl)(Cl)Cl. The van der Waals surface area contributed by atoms with Crippen LogP contribution in [0.2, 0.25) is 0 Å². The number of ether oxygens (including phenoxy) is 1. The number of hydrogen-bond acceptors (Lipinski definition) is 3. The number of hydrogen-bond donors (Lipinski definition) is 1. The Morgan fingerprint density at radius 2 is 1.83 bits per heavy atom. The molecule has 6 heteroatoms. The van der Waals surface area contributed by atoms with Gasteiger partial charge in [-0.1, -0.05) is 34.8 Å². The molecule has 70 valence electrons. The minimum absolute atomic E-state index is 0.512. The first kappa shape index (κ1) is 12.0. The molecule has 0 unspecified atom stereocenters. The van der Waals surface area contributed by atoms with Gasteiger partial charge in [0, 0.05) is 0 Å². The Kier molecular flexibility index (Phi) is 3.82. The summed E-state index contributed by atoms with van der Waals surface area (Å²) in [5.41, 5.74) is -1.24. The molecule has 0 radical (unpaired) electrons. The summed E-state index contributed by atoms with van der Waals surface area (Å²) < 4.78 is 2.97. The molecule has 0 saturated heterocycles. The maximum Gasteiger partial charge on any atom is 0.349 e. The third-order valence-corrected chi connectivity index (χ3v) is 2.52. The van der Waals surface area contributed by atoms with Crippen molar-refractivity contribution < 1.29 is 9.53 Å². The van der Waals surface area contributed by atoms with E-state index in [1.807, 2.05) is 0 Å². The highest BCUT2D eigenvalue weighted by Gasteiger charge is 2.43. The van der Waals surface area contributed by atoms with Crippen molar-refractivity contribution in [2.24, 2.45) is 0 Å². The minimum atomic E-state index is -1.70. The lowest BCUT2D eigenvalue weighted by Gasteiger charge is -2.31. The molecule has 3 nitrogen and oxygen atoms in total. The first-order chi connectivity index (χ1) is 5.20.